The van der Waals surface area contributed by atoms with Crippen molar-refractivity contribution in [2.45, 2.75) is 26.1 Å². The Morgan fingerprint density at radius 3 is 3.00 bits per heavy atom. The molecule has 0 bridgehead atoms. The summed E-state index contributed by atoms with van der Waals surface area (Å²) in [5.41, 5.74) is 1.66. The van der Waals surface area contributed by atoms with E-state index in [-0.39, 0.29) is 6.42 Å². The van der Waals surface area contributed by atoms with Crippen molar-refractivity contribution in [3.05, 3.63) is 17.1 Å². The molecule has 0 saturated heterocycles. The number of hydrogen-bond donors (Lipinski definition) is 1. The van der Waals surface area contributed by atoms with Crippen LogP contribution in [0.1, 0.15) is 23.5 Å². The molecule has 1 aromatic heterocycles. The number of rotatable bonds is 4. The van der Waals surface area contributed by atoms with Crippen LogP contribution in [-0.4, -0.2) is 28.2 Å². The molecule has 0 unspecified atom stereocenters. The fraction of sp³-hybridized carbons (Fsp3) is 0.500. The van der Waals surface area contributed by atoms with E-state index >= 15 is 0 Å². The summed E-state index contributed by atoms with van der Waals surface area (Å²) in [5, 5.41) is 8.58. The number of aliphatic carboxylic acids is 1. The molecule has 2 rings (SSSR count). The molecule has 1 aliphatic heterocycles. The quantitative estimate of drug-likeness (QED) is 0.803. The van der Waals surface area contributed by atoms with Crippen molar-refractivity contribution in [3.8, 4) is 5.88 Å². The molecule has 0 saturated carbocycles. The highest BCUT2D eigenvalue weighted by Crippen LogP contribution is 2.26. The first-order valence-electron chi connectivity index (χ1n) is 4.93. The van der Waals surface area contributed by atoms with Gasteiger partial charge in [-0.2, -0.15) is 4.98 Å². The predicted molar refractivity (Wildman–Crippen MR) is 53.0 cm³/mol. The van der Waals surface area contributed by atoms with Gasteiger partial charge >= 0.3 is 5.97 Å². The molecule has 0 aromatic carbocycles. The third-order valence-corrected chi connectivity index (χ3v) is 2.34. The maximum Gasteiger partial charge on any atom is 0.303 e. The van der Waals surface area contributed by atoms with Gasteiger partial charge in [0.2, 0.25) is 5.88 Å². The number of ether oxygens (including phenoxy) is 2. The summed E-state index contributed by atoms with van der Waals surface area (Å²) in [7, 11) is 1.53. The Morgan fingerprint density at radius 1 is 1.50 bits per heavy atom. The molecule has 6 heteroatoms. The van der Waals surface area contributed by atoms with E-state index in [4.69, 9.17) is 14.6 Å². The molecule has 86 valence electrons. The van der Waals surface area contributed by atoms with Crippen molar-refractivity contribution >= 4 is 5.97 Å². The highest BCUT2D eigenvalue weighted by atomic mass is 16.5. The number of methoxy groups -OCH3 is 1. The summed E-state index contributed by atoms with van der Waals surface area (Å²) in [5.74, 6) is 0.116. The Balaban J connectivity index is 2.24. The van der Waals surface area contributed by atoms with Gasteiger partial charge in [-0.25, -0.2) is 4.98 Å². The summed E-state index contributed by atoms with van der Waals surface area (Å²) in [6, 6.07) is 0. The molecule has 16 heavy (non-hydrogen) atoms. The van der Waals surface area contributed by atoms with Crippen LogP contribution in [0.15, 0.2) is 0 Å². The number of hydrogen-bond acceptors (Lipinski definition) is 5. The molecule has 1 aliphatic rings. The van der Waals surface area contributed by atoms with E-state index in [1.807, 2.05) is 0 Å². The highest BCUT2D eigenvalue weighted by molar-refractivity contribution is 5.66. The standard InChI is InChI=1S/C10H12N2O4/c1-15-10-6-4-16-5-7(6)11-8(12-10)2-3-9(13)14/h2-5H2,1H3,(H,13,14). The summed E-state index contributed by atoms with van der Waals surface area (Å²) in [6.45, 7) is 0.895. The number of carbonyl (C=O) groups is 1. The largest absolute Gasteiger partial charge is 0.481 e. The zero-order valence-electron chi connectivity index (χ0n) is 8.89. The maximum absolute atomic E-state index is 10.4. The van der Waals surface area contributed by atoms with Crippen LogP contribution in [-0.2, 0) is 29.2 Å². The third-order valence-electron chi connectivity index (χ3n) is 2.34. The molecule has 0 atom stereocenters. The topological polar surface area (TPSA) is 81.5 Å². The van der Waals surface area contributed by atoms with Gasteiger partial charge in [-0.05, 0) is 0 Å². The number of nitrogens with zero attached hydrogens (tertiary/aromatic N) is 2. The highest BCUT2D eigenvalue weighted by Gasteiger charge is 2.20. The molecule has 1 N–H and O–H groups in total. The van der Waals surface area contributed by atoms with Gasteiger partial charge in [0.05, 0.1) is 38.0 Å². The fourth-order valence-electron chi connectivity index (χ4n) is 1.57. The van der Waals surface area contributed by atoms with Crippen LogP contribution in [0, 0.1) is 0 Å². The summed E-state index contributed by atoms with van der Waals surface area (Å²) >= 11 is 0. The Morgan fingerprint density at radius 2 is 2.31 bits per heavy atom. The molecule has 0 aliphatic carbocycles. The number of aromatic nitrogens is 2. The average Bonchev–Trinajstić information content (AvgIpc) is 2.73. The van der Waals surface area contributed by atoms with Crippen LogP contribution in [0.3, 0.4) is 0 Å². The van der Waals surface area contributed by atoms with Gasteiger partial charge in [-0.1, -0.05) is 0 Å². The normalized spacial score (nSPS) is 13.6. The first-order valence-corrected chi connectivity index (χ1v) is 4.93. The minimum Gasteiger partial charge on any atom is -0.481 e. The van der Waals surface area contributed by atoms with Crippen LogP contribution < -0.4 is 4.74 Å². The monoisotopic (exact) mass is 224 g/mol. The molecule has 0 amide bonds. The van der Waals surface area contributed by atoms with E-state index in [1.54, 1.807) is 0 Å². The first kappa shape index (κ1) is 10.8. The van der Waals surface area contributed by atoms with E-state index in [2.05, 4.69) is 9.97 Å². The zero-order valence-corrected chi connectivity index (χ0v) is 8.89. The van der Waals surface area contributed by atoms with Gasteiger partial charge in [-0.3, -0.25) is 4.79 Å². The van der Waals surface area contributed by atoms with E-state index in [9.17, 15) is 4.79 Å². The SMILES string of the molecule is COc1nc(CCC(=O)O)nc2c1COC2. The average molecular weight is 224 g/mol. The molecule has 0 fully saturated rings. The lowest BCUT2D eigenvalue weighted by Gasteiger charge is -2.06. The number of carboxylic acids is 1. The van der Waals surface area contributed by atoms with Crippen LogP contribution in [0.2, 0.25) is 0 Å². The number of fused-ring (bicyclic) bond motifs is 1. The third kappa shape index (κ3) is 2.11. The van der Waals surface area contributed by atoms with Crippen molar-refractivity contribution in [2.24, 2.45) is 0 Å². The van der Waals surface area contributed by atoms with Gasteiger partial charge in [0.25, 0.3) is 0 Å². The van der Waals surface area contributed by atoms with Gasteiger partial charge < -0.3 is 14.6 Å². The van der Waals surface area contributed by atoms with Crippen LogP contribution in [0.5, 0.6) is 5.88 Å². The van der Waals surface area contributed by atoms with Crippen molar-refractivity contribution in [2.75, 3.05) is 7.11 Å². The smallest absolute Gasteiger partial charge is 0.303 e. The predicted octanol–water partition coefficient (Wildman–Crippen LogP) is 0.533. The lowest BCUT2D eigenvalue weighted by atomic mass is 10.2. The first-order chi connectivity index (χ1) is 7.70. The molecule has 0 spiro atoms. The molecule has 2 heterocycles. The summed E-state index contributed by atoms with van der Waals surface area (Å²) in [6.07, 6.45) is 0.321. The lowest BCUT2D eigenvalue weighted by molar-refractivity contribution is -0.137. The molecule has 0 radical (unpaired) electrons. The van der Waals surface area contributed by atoms with Gasteiger partial charge in [-0.15, -0.1) is 0 Å². The molecule has 6 nitrogen and oxygen atoms in total. The van der Waals surface area contributed by atoms with Crippen LogP contribution in [0.25, 0.3) is 0 Å². The second kappa shape index (κ2) is 4.44. The second-order valence-electron chi connectivity index (χ2n) is 3.46. The van der Waals surface area contributed by atoms with E-state index < -0.39 is 5.97 Å². The lowest BCUT2D eigenvalue weighted by Crippen LogP contribution is -2.06. The summed E-state index contributed by atoms with van der Waals surface area (Å²) in [4.78, 5) is 18.9. The van der Waals surface area contributed by atoms with Crippen molar-refractivity contribution in [3.63, 3.8) is 0 Å². The molecular weight excluding hydrogens is 212 g/mol. The molecular formula is C10H12N2O4. The Hall–Kier alpha value is -1.69. The van der Waals surface area contributed by atoms with Crippen molar-refractivity contribution < 1.29 is 19.4 Å². The Labute approximate surface area is 92.2 Å². The fourth-order valence-corrected chi connectivity index (χ4v) is 1.57. The minimum absolute atomic E-state index is 0.0167. The van der Waals surface area contributed by atoms with Gasteiger partial charge in [0.15, 0.2) is 0 Å². The van der Waals surface area contributed by atoms with E-state index in [0.717, 1.165) is 11.3 Å². The van der Waals surface area contributed by atoms with E-state index in [1.165, 1.54) is 7.11 Å². The van der Waals surface area contributed by atoms with Crippen LogP contribution in [0.4, 0.5) is 0 Å². The minimum atomic E-state index is -0.862. The maximum atomic E-state index is 10.4. The Bertz CT molecular complexity index is 420. The van der Waals surface area contributed by atoms with E-state index in [0.29, 0.717) is 31.3 Å². The van der Waals surface area contributed by atoms with Crippen LogP contribution >= 0.6 is 0 Å². The summed E-state index contributed by atoms with van der Waals surface area (Å²) < 4.78 is 10.4. The Kier molecular flexibility index (Phi) is 3.00. The van der Waals surface area contributed by atoms with Crippen molar-refractivity contribution in [1.29, 1.82) is 0 Å². The van der Waals surface area contributed by atoms with Gasteiger partial charge in [0.1, 0.15) is 5.82 Å². The van der Waals surface area contributed by atoms with Crippen molar-refractivity contribution in [1.82, 2.24) is 9.97 Å². The van der Waals surface area contributed by atoms with Gasteiger partial charge in [0, 0.05) is 6.42 Å². The second-order valence-corrected chi connectivity index (χ2v) is 3.46. The number of aryl methyl sites for hydroxylation is 1. The zero-order chi connectivity index (χ0) is 11.5. The molecule has 1 aromatic rings. The number of carboxylic acid groups (broad SMARTS) is 1.